The topological polar surface area (TPSA) is 28.0 Å². The second kappa shape index (κ2) is 5.41. The molecule has 3 nitrogen and oxygen atoms in total. The van der Waals surface area contributed by atoms with Gasteiger partial charge < -0.3 is 0 Å². The lowest BCUT2D eigenvalue weighted by Crippen LogP contribution is -2.13. The van der Waals surface area contributed by atoms with E-state index in [1.165, 1.54) is 0 Å². The van der Waals surface area contributed by atoms with Crippen molar-refractivity contribution in [2.75, 3.05) is 6.54 Å². The van der Waals surface area contributed by atoms with E-state index in [-0.39, 0.29) is 0 Å². The van der Waals surface area contributed by atoms with Crippen molar-refractivity contribution in [2.24, 2.45) is 10.1 Å². The Morgan fingerprint density at radius 3 is 2.45 bits per heavy atom. The van der Waals surface area contributed by atoms with Gasteiger partial charge >= 0.3 is 0 Å². The smallest absolute Gasteiger partial charge is 0.147 e. The third-order valence-corrected chi connectivity index (χ3v) is 1.16. The summed E-state index contributed by atoms with van der Waals surface area (Å²) in [5, 5.41) is 5.36. The molecule has 0 atom stereocenters. The maximum absolute atomic E-state index is 3.75. The minimum Gasteiger partial charge on any atom is -0.249 e. The summed E-state index contributed by atoms with van der Waals surface area (Å²) in [6, 6.07) is 0. The van der Waals surface area contributed by atoms with Crippen LogP contribution >= 0.6 is 0 Å². The predicted molar refractivity (Wildman–Crippen MR) is 49.8 cm³/mol. The van der Waals surface area contributed by atoms with Crippen LogP contribution in [-0.2, 0) is 0 Å². The molecule has 0 unspecified atom stereocenters. The quantitative estimate of drug-likeness (QED) is 0.333. The van der Waals surface area contributed by atoms with Gasteiger partial charge in [0.05, 0.1) is 0 Å². The Morgan fingerprint density at radius 1 is 1.55 bits per heavy atom. The zero-order valence-corrected chi connectivity index (χ0v) is 6.82. The van der Waals surface area contributed by atoms with Crippen LogP contribution in [0.1, 0.15) is 6.92 Å². The highest BCUT2D eigenvalue weighted by atomic mass is 15.5. The molecule has 0 aliphatic heterocycles. The molecule has 3 heteroatoms. The van der Waals surface area contributed by atoms with Crippen LogP contribution in [0.15, 0.2) is 34.6 Å². The van der Waals surface area contributed by atoms with Crippen LogP contribution in [0.25, 0.3) is 0 Å². The molecule has 0 spiro atoms. The van der Waals surface area contributed by atoms with Gasteiger partial charge in [-0.15, -0.1) is 0 Å². The molecule has 0 rings (SSSR count). The van der Waals surface area contributed by atoms with Gasteiger partial charge in [-0.1, -0.05) is 12.7 Å². The van der Waals surface area contributed by atoms with Crippen molar-refractivity contribution in [3.63, 3.8) is 0 Å². The van der Waals surface area contributed by atoms with Crippen LogP contribution in [-0.4, -0.2) is 25.0 Å². The molecule has 0 aliphatic rings. The predicted octanol–water partition coefficient (Wildman–Crippen LogP) is 1.65. The minimum atomic E-state index is 0.664. The SMILES string of the molecule is C=C/C=C(\N=C)N(CC)N=C. The van der Waals surface area contributed by atoms with E-state index in [0.29, 0.717) is 5.82 Å². The zero-order valence-electron chi connectivity index (χ0n) is 6.82. The summed E-state index contributed by atoms with van der Waals surface area (Å²) in [6.07, 6.45) is 3.36. The standard InChI is InChI=1S/C8H13N3/c1-5-7-8(9-3)11(6-2)10-4/h5,7H,1,3-4,6H2,2H3/b8-7+. The number of hydrogen-bond donors (Lipinski definition) is 0. The Hall–Kier alpha value is -1.38. The van der Waals surface area contributed by atoms with E-state index >= 15 is 0 Å². The third kappa shape index (κ3) is 2.80. The van der Waals surface area contributed by atoms with Crippen LogP contribution in [0.3, 0.4) is 0 Å². The van der Waals surface area contributed by atoms with Crippen molar-refractivity contribution in [1.82, 2.24) is 5.01 Å². The maximum Gasteiger partial charge on any atom is 0.147 e. The molecule has 0 bridgehead atoms. The molecule has 0 radical (unpaired) electrons. The number of aliphatic imine (C=N–C) groups is 1. The summed E-state index contributed by atoms with van der Waals surface area (Å²) in [5.41, 5.74) is 0. The summed E-state index contributed by atoms with van der Waals surface area (Å²) in [5.74, 6) is 0.664. The molecule has 11 heavy (non-hydrogen) atoms. The highest BCUT2D eigenvalue weighted by Crippen LogP contribution is 2.04. The van der Waals surface area contributed by atoms with Gasteiger partial charge in [0, 0.05) is 13.3 Å². The lowest BCUT2D eigenvalue weighted by molar-refractivity contribution is 0.385. The van der Waals surface area contributed by atoms with Crippen molar-refractivity contribution in [3.05, 3.63) is 24.6 Å². The van der Waals surface area contributed by atoms with E-state index in [2.05, 4.69) is 30.1 Å². The Labute approximate surface area is 67.4 Å². The van der Waals surface area contributed by atoms with Crippen LogP contribution in [0, 0.1) is 0 Å². The fourth-order valence-electron chi connectivity index (χ4n) is 0.660. The van der Waals surface area contributed by atoms with Gasteiger partial charge in [-0.2, -0.15) is 5.10 Å². The Balaban J connectivity index is 4.44. The molecular weight excluding hydrogens is 138 g/mol. The van der Waals surface area contributed by atoms with Gasteiger partial charge in [0.15, 0.2) is 0 Å². The van der Waals surface area contributed by atoms with Crippen LogP contribution in [0.5, 0.6) is 0 Å². The second-order valence-corrected chi connectivity index (χ2v) is 1.78. The Kier molecular flexibility index (Phi) is 4.73. The largest absolute Gasteiger partial charge is 0.249 e. The van der Waals surface area contributed by atoms with Crippen LogP contribution < -0.4 is 0 Å². The number of rotatable bonds is 5. The summed E-state index contributed by atoms with van der Waals surface area (Å²) < 4.78 is 0. The molecular formula is C8H13N3. The van der Waals surface area contributed by atoms with Crippen LogP contribution in [0.4, 0.5) is 0 Å². The van der Waals surface area contributed by atoms with Gasteiger partial charge in [-0.25, -0.2) is 10.0 Å². The average Bonchev–Trinajstić information content (AvgIpc) is 2.05. The van der Waals surface area contributed by atoms with E-state index in [9.17, 15) is 0 Å². The van der Waals surface area contributed by atoms with Crippen molar-refractivity contribution in [1.29, 1.82) is 0 Å². The molecule has 0 aromatic heterocycles. The van der Waals surface area contributed by atoms with Gasteiger partial charge in [0.25, 0.3) is 0 Å². The Bertz CT molecular complexity index is 182. The molecule has 0 saturated heterocycles. The van der Waals surface area contributed by atoms with Gasteiger partial charge in [0.1, 0.15) is 5.82 Å². The van der Waals surface area contributed by atoms with Gasteiger partial charge in [-0.3, -0.25) is 0 Å². The van der Waals surface area contributed by atoms with Crippen molar-refractivity contribution >= 4 is 13.4 Å². The van der Waals surface area contributed by atoms with E-state index in [1.54, 1.807) is 17.2 Å². The molecule has 0 N–H and O–H groups in total. The number of hydrogen-bond acceptors (Lipinski definition) is 3. The maximum atomic E-state index is 3.75. The third-order valence-electron chi connectivity index (χ3n) is 1.16. The Morgan fingerprint density at radius 2 is 2.18 bits per heavy atom. The number of nitrogens with zero attached hydrogens (tertiary/aromatic N) is 3. The zero-order chi connectivity index (χ0) is 8.69. The van der Waals surface area contributed by atoms with E-state index < -0.39 is 0 Å². The summed E-state index contributed by atoms with van der Waals surface area (Å²) in [6.45, 7) is 13.0. The summed E-state index contributed by atoms with van der Waals surface area (Å²) in [7, 11) is 0. The fourth-order valence-corrected chi connectivity index (χ4v) is 0.660. The lowest BCUT2D eigenvalue weighted by Gasteiger charge is -2.14. The normalized spacial score (nSPS) is 10.5. The van der Waals surface area contributed by atoms with Crippen molar-refractivity contribution in [3.8, 4) is 0 Å². The number of allylic oxidation sites excluding steroid dienone is 2. The van der Waals surface area contributed by atoms with Gasteiger partial charge in [0.2, 0.25) is 0 Å². The van der Waals surface area contributed by atoms with Crippen molar-refractivity contribution in [2.45, 2.75) is 6.92 Å². The average molecular weight is 151 g/mol. The summed E-state index contributed by atoms with van der Waals surface area (Å²) in [4.78, 5) is 3.75. The first-order valence-electron chi connectivity index (χ1n) is 3.33. The molecule has 0 aliphatic carbocycles. The molecule has 60 valence electrons. The first kappa shape index (κ1) is 9.62. The molecule has 0 fully saturated rings. The highest BCUT2D eigenvalue weighted by Gasteiger charge is 1.99. The number of hydrazone groups is 1. The monoisotopic (exact) mass is 151 g/mol. The summed E-state index contributed by atoms with van der Waals surface area (Å²) >= 11 is 0. The first-order chi connectivity index (χ1) is 5.29. The molecule has 0 aromatic rings. The fraction of sp³-hybridized carbons (Fsp3) is 0.250. The minimum absolute atomic E-state index is 0.664. The molecule has 0 amide bonds. The van der Waals surface area contributed by atoms with Crippen LogP contribution in [0.2, 0.25) is 0 Å². The molecule has 0 heterocycles. The highest BCUT2D eigenvalue weighted by molar-refractivity contribution is 5.30. The second-order valence-electron chi connectivity index (χ2n) is 1.78. The van der Waals surface area contributed by atoms with Gasteiger partial charge in [-0.05, 0) is 19.7 Å². The molecule has 0 aromatic carbocycles. The molecule has 0 saturated carbocycles. The van der Waals surface area contributed by atoms with E-state index in [4.69, 9.17) is 0 Å². The van der Waals surface area contributed by atoms with Crippen molar-refractivity contribution < 1.29 is 0 Å². The van der Waals surface area contributed by atoms with E-state index in [1.807, 2.05) is 6.92 Å². The van der Waals surface area contributed by atoms with E-state index in [0.717, 1.165) is 6.54 Å². The lowest BCUT2D eigenvalue weighted by atomic mass is 10.5. The first-order valence-corrected chi connectivity index (χ1v) is 3.33.